The molecule has 1 N–H and O–H groups in total. The van der Waals surface area contributed by atoms with Crippen LogP contribution in [0, 0.1) is 13.8 Å². The fourth-order valence-electron chi connectivity index (χ4n) is 2.91. The number of hydrogen-bond donors (Lipinski definition) is 1. The summed E-state index contributed by atoms with van der Waals surface area (Å²) in [7, 11) is -3.58. The second-order valence-corrected chi connectivity index (χ2v) is 9.38. The van der Waals surface area contributed by atoms with E-state index in [9.17, 15) is 13.2 Å². The van der Waals surface area contributed by atoms with Gasteiger partial charge in [0.25, 0.3) is 0 Å². The van der Waals surface area contributed by atoms with E-state index >= 15 is 0 Å². The molecule has 0 heterocycles. The number of halogens is 1. The van der Waals surface area contributed by atoms with Gasteiger partial charge in [0.1, 0.15) is 0 Å². The fourth-order valence-corrected chi connectivity index (χ4v) is 3.83. The summed E-state index contributed by atoms with van der Waals surface area (Å²) >= 11 is 6.15. The third-order valence-corrected chi connectivity index (χ3v) is 6.34. The zero-order chi connectivity index (χ0) is 20.9. The number of benzene rings is 2. The number of aryl methyl sites for hydroxylation is 2. The number of nitrogens with zero attached hydrogens (tertiary/aromatic N) is 1. The van der Waals surface area contributed by atoms with Gasteiger partial charge in [-0.25, -0.2) is 8.42 Å². The summed E-state index contributed by atoms with van der Waals surface area (Å²) < 4.78 is 25.5. The highest BCUT2D eigenvalue weighted by Gasteiger charge is 2.23. The van der Waals surface area contributed by atoms with Gasteiger partial charge in [-0.05, 0) is 48.6 Å². The Morgan fingerprint density at radius 1 is 1.14 bits per heavy atom. The Labute approximate surface area is 172 Å². The lowest BCUT2D eigenvalue weighted by molar-refractivity contribution is -0.122. The molecule has 0 bridgehead atoms. The van der Waals surface area contributed by atoms with E-state index in [1.807, 2.05) is 32.9 Å². The highest BCUT2D eigenvalue weighted by molar-refractivity contribution is 7.88. The average molecular weight is 423 g/mol. The van der Waals surface area contributed by atoms with Crippen LogP contribution in [0.5, 0.6) is 0 Å². The van der Waals surface area contributed by atoms with Crippen LogP contribution in [0.2, 0.25) is 5.02 Å². The second kappa shape index (κ2) is 9.54. The highest BCUT2D eigenvalue weighted by Crippen LogP contribution is 2.21. The third kappa shape index (κ3) is 6.06. The number of carbonyl (C=O) groups excluding carboxylic acids is 1. The second-order valence-electron chi connectivity index (χ2n) is 6.99. The molecule has 0 radical (unpaired) electrons. The molecule has 0 aromatic heterocycles. The quantitative estimate of drug-likeness (QED) is 0.699. The van der Waals surface area contributed by atoms with Crippen LogP contribution < -0.4 is 5.32 Å². The number of rotatable bonds is 8. The van der Waals surface area contributed by atoms with Gasteiger partial charge in [0.2, 0.25) is 15.9 Å². The van der Waals surface area contributed by atoms with Gasteiger partial charge in [0, 0.05) is 11.6 Å². The summed E-state index contributed by atoms with van der Waals surface area (Å²) in [6, 6.07) is 12.9. The van der Waals surface area contributed by atoms with E-state index in [1.54, 1.807) is 24.3 Å². The van der Waals surface area contributed by atoms with Gasteiger partial charge in [0.15, 0.2) is 0 Å². The van der Waals surface area contributed by atoms with E-state index in [1.165, 1.54) is 5.56 Å². The molecular weight excluding hydrogens is 396 g/mol. The van der Waals surface area contributed by atoms with Crippen molar-refractivity contribution in [3.05, 3.63) is 69.7 Å². The molecular formula is C21H27ClN2O3S. The molecule has 0 saturated carbocycles. The van der Waals surface area contributed by atoms with Crippen molar-refractivity contribution in [3.8, 4) is 0 Å². The lowest BCUT2D eigenvalue weighted by atomic mass is 9.99. The fraction of sp³-hybridized carbons (Fsp3) is 0.381. The molecule has 1 unspecified atom stereocenters. The first-order valence-corrected chi connectivity index (χ1v) is 11.4. The van der Waals surface area contributed by atoms with Crippen LogP contribution >= 0.6 is 11.6 Å². The normalized spacial score (nSPS) is 12.8. The van der Waals surface area contributed by atoms with Crippen molar-refractivity contribution in [1.29, 1.82) is 0 Å². The number of sulfonamides is 1. The minimum absolute atomic E-state index is 0.0480. The summed E-state index contributed by atoms with van der Waals surface area (Å²) in [4.78, 5) is 12.6. The molecule has 5 nitrogen and oxygen atoms in total. The highest BCUT2D eigenvalue weighted by atomic mass is 35.5. The molecule has 0 aliphatic carbocycles. The van der Waals surface area contributed by atoms with E-state index < -0.39 is 10.0 Å². The molecule has 0 aliphatic heterocycles. The zero-order valence-corrected chi connectivity index (χ0v) is 18.3. The molecule has 0 aliphatic rings. The van der Waals surface area contributed by atoms with E-state index in [2.05, 4.69) is 11.4 Å². The topological polar surface area (TPSA) is 66.5 Å². The lowest BCUT2D eigenvalue weighted by Gasteiger charge is -2.23. The van der Waals surface area contributed by atoms with Crippen LogP contribution in [0.15, 0.2) is 42.5 Å². The molecule has 0 spiro atoms. The molecule has 152 valence electrons. The summed E-state index contributed by atoms with van der Waals surface area (Å²) in [6.07, 6.45) is 1.80. The Morgan fingerprint density at radius 3 is 2.39 bits per heavy atom. The first-order chi connectivity index (χ1) is 13.1. The van der Waals surface area contributed by atoms with Gasteiger partial charge >= 0.3 is 0 Å². The van der Waals surface area contributed by atoms with Crippen molar-refractivity contribution in [1.82, 2.24) is 9.62 Å². The Hall–Kier alpha value is -1.89. The first kappa shape index (κ1) is 22.4. The first-order valence-electron chi connectivity index (χ1n) is 9.16. The van der Waals surface area contributed by atoms with Crippen LogP contribution in [-0.2, 0) is 21.4 Å². The number of hydrogen-bond acceptors (Lipinski definition) is 3. The average Bonchev–Trinajstić information content (AvgIpc) is 2.62. The van der Waals surface area contributed by atoms with Gasteiger partial charge in [-0.3, -0.25) is 4.79 Å². The Balaban J connectivity index is 2.14. The van der Waals surface area contributed by atoms with Gasteiger partial charge in [-0.15, -0.1) is 0 Å². The van der Waals surface area contributed by atoms with Crippen molar-refractivity contribution < 1.29 is 13.2 Å². The standard InChI is InChI=1S/C21H27ClN2O3S/c1-5-20(17-11-10-15(2)16(3)12-17)23-21(25)14-24(28(4,26)27)13-18-8-6-7-9-19(18)22/h6-12,20H,5,13-14H2,1-4H3,(H,23,25). The molecule has 0 fully saturated rings. The molecule has 2 aromatic carbocycles. The van der Waals surface area contributed by atoms with Gasteiger partial charge < -0.3 is 5.32 Å². The molecule has 28 heavy (non-hydrogen) atoms. The zero-order valence-electron chi connectivity index (χ0n) is 16.7. The van der Waals surface area contributed by atoms with Crippen LogP contribution in [-0.4, -0.2) is 31.4 Å². The Kier molecular flexibility index (Phi) is 7.63. The van der Waals surface area contributed by atoms with E-state index in [0.29, 0.717) is 17.0 Å². The molecule has 0 saturated heterocycles. The van der Waals surface area contributed by atoms with E-state index in [-0.39, 0.29) is 25.0 Å². The predicted octanol–water partition coefficient (Wildman–Crippen LogP) is 3.99. The summed E-state index contributed by atoms with van der Waals surface area (Å²) in [5.74, 6) is -0.345. The SMILES string of the molecule is CCC(NC(=O)CN(Cc1ccccc1Cl)S(C)(=O)=O)c1ccc(C)c(C)c1. The predicted molar refractivity (Wildman–Crippen MR) is 114 cm³/mol. The van der Waals surface area contributed by atoms with Crippen molar-refractivity contribution in [2.24, 2.45) is 0 Å². The Morgan fingerprint density at radius 2 is 1.82 bits per heavy atom. The summed E-state index contributed by atoms with van der Waals surface area (Å²) in [5, 5.41) is 3.43. The van der Waals surface area contributed by atoms with Crippen molar-refractivity contribution in [2.75, 3.05) is 12.8 Å². The van der Waals surface area contributed by atoms with Crippen LogP contribution in [0.1, 0.15) is 41.6 Å². The van der Waals surface area contributed by atoms with Gasteiger partial charge in [-0.2, -0.15) is 4.31 Å². The van der Waals surface area contributed by atoms with Crippen molar-refractivity contribution in [3.63, 3.8) is 0 Å². The monoisotopic (exact) mass is 422 g/mol. The molecule has 2 aromatic rings. The van der Waals surface area contributed by atoms with Crippen molar-refractivity contribution >= 4 is 27.5 Å². The number of amides is 1. The Bertz CT molecular complexity index is 944. The maximum Gasteiger partial charge on any atom is 0.235 e. The minimum Gasteiger partial charge on any atom is -0.348 e. The van der Waals surface area contributed by atoms with Crippen LogP contribution in [0.4, 0.5) is 0 Å². The molecule has 1 amide bonds. The summed E-state index contributed by atoms with van der Waals surface area (Å²) in [6.45, 7) is 5.84. The summed E-state index contributed by atoms with van der Waals surface area (Å²) in [5.41, 5.74) is 4.01. The number of nitrogens with one attached hydrogen (secondary N) is 1. The van der Waals surface area contributed by atoms with Crippen molar-refractivity contribution in [2.45, 2.75) is 39.8 Å². The van der Waals surface area contributed by atoms with Crippen LogP contribution in [0.3, 0.4) is 0 Å². The maximum absolute atomic E-state index is 12.6. The largest absolute Gasteiger partial charge is 0.348 e. The maximum atomic E-state index is 12.6. The molecule has 7 heteroatoms. The van der Waals surface area contributed by atoms with E-state index in [0.717, 1.165) is 21.7 Å². The third-order valence-electron chi connectivity index (χ3n) is 4.77. The van der Waals surface area contributed by atoms with Crippen LogP contribution in [0.25, 0.3) is 0 Å². The van der Waals surface area contributed by atoms with E-state index in [4.69, 9.17) is 11.6 Å². The van der Waals surface area contributed by atoms with Gasteiger partial charge in [-0.1, -0.05) is 54.9 Å². The molecule has 1 atom stereocenters. The molecule has 2 rings (SSSR count). The number of carbonyl (C=O) groups is 1. The minimum atomic E-state index is -3.58. The van der Waals surface area contributed by atoms with Gasteiger partial charge in [0.05, 0.1) is 18.8 Å². The lowest BCUT2D eigenvalue weighted by Crippen LogP contribution is -2.41. The smallest absolute Gasteiger partial charge is 0.235 e.